The Labute approximate surface area is 108 Å². The van der Waals surface area contributed by atoms with Crippen molar-refractivity contribution in [3.8, 4) is 0 Å². The molecule has 1 N–H and O–H groups in total. The van der Waals surface area contributed by atoms with Crippen molar-refractivity contribution in [2.75, 3.05) is 0 Å². The molecule has 0 bridgehead atoms. The second-order valence-corrected chi connectivity index (χ2v) is 4.65. The molecule has 0 aromatic heterocycles. The number of ether oxygens (including phenoxy) is 1. The minimum Gasteiger partial charge on any atom is -0.423 e. The molecular weight excluding hydrogens is 256 g/mol. The van der Waals surface area contributed by atoms with Crippen molar-refractivity contribution in [2.24, 2.45) is 0 Å². The van der Waals surface area contributed by atoms with Gasteiger partial charge in [0.2, 0.25) is 0 Å². The molecule has 1 atom stereocenters. The van der Waals surface area contributed by atoms with E-state index in [0.717, 1.165) is 18.4 Å². The van der Waals surface area contributed by atoms with E-state index in [1.165, 1.54) is 6.08 Å². The molecule has 18 heavy (non-hydrogen) atoms. The Morgan fingerprint density at radius 3 is 3.00 bits per heavy atom. The van der Waals surface area contributed by atoms with Crippen molar-refractivity contribution in [1.29, 1.82) is 0 Å². The summed E-state index contributed by atoms with van der Waals surface area (Å²) in [5.41, 5.74) is 1.30. The molecular formula is C12H14O5S. The van der Waals surface area contributed by atoms with E-state index in [1.807, 2.05) is 13.0 Å². The van der Waals surface area contributed by atoms with Crippen molar-refractivity contribution < 1.29 is 22.5 Å². The molecule has 1 unspecified atom stereocenters. The number of cyclic esters (lactones) is 1. The molecule has 2 rings (SSSR count). The number of allylic oxidation sites excluding steroid dienone is 3. The van der Waals surface area contributed by atoms with E-state index in [4.69, 9.17) is 13.5 Å². The maximum Gasteiger partial charge on any atom is 0.357 e. The number of rotatable bonds is 4. The van der Waals surface area contributed by atoms with Gasteiger partial charge in [-0.3, -0.25) is 4.55 Å². The Kier molecular flexibility index (Phi) is 3.98. The van der Waals surface area contributed by atoms with E-state index in [0.29, 0.717) is 29.9 Å². The van der Waals surface area contributed by atoms with Gasteiger partial charge in [0.1, 0.15) is 11.5 Å². The molecule has 0 spiro atoms. The molecule has 0 aromatic rings. The van der Waals surface area contributed by atoms with E-state index >= 15 is 0 Å². The van der Waals surface area contributed by atoms with Crippen LogP contribution in [0.4, 0.5) is 0 Å². The van der Waals surface area contributed by atoms with Gasteiger partial charge in [0.25, 0.3) is 0 Å². The average molecular weight is 270 g/mol. The highest BCUT2D eigenvalue weighted by Gasteiger charge is 2.31. The molecule has 98 valence electrons. The van der Waals surface area contributed by atoms with Crippen LogP contribution in [-0.4, -0.2) is 14.7 Å². The summed E-state index contributed by atoms with van der Waals surface area (Å²) in [6.45, 7) is 2.05. The van der Waals surface area contributed by atoms with Gasteiger partial charge in [-0.05, 0) is 25.0 Å². The second kappa shape index (κ2) is 5.49. The first-order chi connectivity index (χ1) is 8.61. The van der Waals surface area contributed by atoms with Crippen LogP contribution in [0.3, 0.4) is 0 Å². The second-order valence-electron chi connectivity index (χ2n) is 4.05. The number of hydrogen-bond donors (Lipinski definition) is 1. The average Bonchev–Trinajstić information content (AvgIpc) is 2.63. The molecule has 0 radical (unpaired) electrons. The van der Waals surface area contributed by atoms with Crippen LogP contribution in [0.25, 0.3) is 0 Å². The minimum absolute atomic E-state index is 0.336. The monoisotopic (exact) mass is 270 g/mol. The van der Waals surface area contributed by atoms with E-state index in [-0.39, 0.29) is 0 Å². The fraction of sp³-hybridized carbons (Fsp3) is 0.417. The standard InChI is InChI=1S/C12H14O5S/c1-2-3-4-11-9-6-5-8(17-18(14)15)7-10(9)12(13)16-11/h4,7H,2-3,5-6H2,1H3,(H,14,15)/b11-4+. The van der Waals surface area contributed by atoms with Crippen LogP contribution in [0.2, 0.25) is 0 Å². The molecule has 1 heterocycles. The summed E-state index contributed by atoms with van der Waals surface area (Å²) in [6.07, 6.45) is 6.31. The number of esters is 1. The van der Waals surface area contributed by atoms with E-state index in [9.17, 15) is 9.00 Å². The van der Waals surface area contributed by atoms with Crippen LogP contribution >= 0.6 is 0 Å². The van der Waals surface area contributed by atoms with Gasteiger partial charge >= 0.3 is 17.3 Å². The van der Waals surface area contributed by atoms with Crippen LogP contribution in [-0.2, 0) is 25.1 Å². The van der Waals surface area contributed by atoms with Crippen molar-refractivity contribution in [2.45, 2.75) is 32.6 Å². The maximum atomic E-state index is 11.7. The molecule has 5 nitrogen and oxygen atoms in total. The summed E-state index contributed by atoms with van der Waals surface area (Å²) < 4.78 is 29.1. The third-order valence-corrected chi connectivity index (χ3v) is 3.13. The Balaban J connectivity index is 2.24. The third-order valence-electron chi connectivity index (χ3n) is 2.77. The van der Waals surface area contributed by atoms with Crippen LogP contribution in [0.1, 0.15) is 32.6 Å². The van der Waals surface area contributed by atoms with Crippen LogP contribution in [0.5, 0.6) is 0 Å². The SMILES string of the molecule is CCC/C=C1/OC(=O)C2=C1CCC(OS(=O)O)=C2. The summed E-state index contributed by atoms with van der Waals surface area (Å²) in [5, 5.41) is 0. The molecule has 0 fully saturated rings. The van der Waals surface area contributed by atoms with Gasteiger partial charge in [-0.25, -0.2) is 4.79 Å². The van der Waals surface area contributed by atoms with Crippen molar-refractivity contribution in [1.82, 2.24) is 0 Å². The number of carbonyl (C=O) groups excluding carboxylic acids is 1. The van der Waals surface area contributed by atoms with E-state index < -0.39 is 17.3 Å². The molecule has 0 saturated carbocycles. The molecule has 0 amide bonds. The molecule has 1 aliphatic heterocycles. The first-order valence-corrected chi connectivity index (χ1v) is 6.80. The zero-order valence-electron chi connectivity index (χ0n) is 9.97. The predicted molar refractivity (Wildman–Crippen MR) is 65.3 cm³/mol. The fourth-order valence-corrected chi connectivity index (χ4v) is 2.27. The fourth-order valence-electron chi connectivity index (χ4n) is 1.96. The summed E-state index contributed by atoms with van der Waals surface area (Å²) >= 11 is -2.35. The normalized spacial score (nSPS) is 22.7. The predicted octanol–water partition coefficient (Wildman–Crippen LogP) is 2.35. The zero-order valence-corrected chi connectivity index (χ0v) is 10.8. The van der Waals surface area contributed by atoms with Gasteiger partial charge in [0, 0.05) is 12.0 Å². The van der Waals surface area contributed by atoms with Crippen molar-refractivity contribution >= 4 is 17.3 Å². The summed E-state index contributed by atoms with van der Waals surface area (Å²) in [5.74, 6) is 0.539. The summed E-state index contributed by atoms with van der Waals surface area (Å²) in [6, 6.07) is 0. The van der Waals surface area contributed by atoms with Crippen LogP contribution < -0.4 is 0 Å². The molecule has 2 aliphatic rings. The molecule has 0 saturated heterocycles. The maximum absolute atomic E-state index is 11.7. The Bertz CT molecular complexity index is 487. The Morgan fingerprint density at radius 2 is 2.33 bits per heavy atom. The quantitative estimate of drug-likeness (QED) is 0.627. The summed E-state index contributed by atoms with van der Waals surface area (Å²) in [4.78, 5) is 11.7. The Hall–Kier alpha value is -1.40. The van der Waals surface area contributed by atoms with Gasteiger partial charge in [0.05, 0.1) is 5.57 Å². The lowest BCUT2D eigenvalue weighted by Gasteiger charge is -2.11. The van der Waals surface area contributed by atoms with E-state index in [1.54, 1.807) is 0 Å². The zero-order chi connectivity index (χ0) is 13.1. The molecule has 1 aliphatic carbocycles. The van der Waals surface area contributed by atoms with Gasteiger partial charge in [-0.2, -0.15) is 4.21 Å². The van der Waals surface area contributed by atoms with Crippen molar-refractivity contribution in [3.63, 3.8) is 0 Å². The minimum atomic E-state index is -2.35. The van der Waals surface area contributed by atoms with Gasteiger partial charge in [0.15, 0.2) is 0 Å². The highest BCUT2D eigenvalue weighted by atomic mass is 32.2. The largest absolute Gasteiger partial charge is 0.423 e. The lowest BCUT2D eigenvalue weighted by Crippen LogP contribution is -2.04. The third kappa shape index (κ3) is 2.70. The smallest absolute Gasteiger partial charge is 0.357 e. The summed E-state index contributed by atoms with van der Waals surface area (Å²) in [7, 11) is 0. The molecule has 0 aromatic carbocycles. The number of carbonyl (C=O) groups is 1. The van der Waals surface area contributed by atoms with E-state index in [2.05, 4.69) is 0 Å². The Morgan fingerprint density at radius 1 is 1.56 bits per heavy atom. The van der Waals surface area contributed by atoms with Gasteiger partial charge in [-0.1, -0.05) is 13.3 Å². The van der Waals surface area contributed by atoms with Crippen molar-refractivity contribution in [3.05, 3.63) is 34.8 Å². The first kappa shape index (κ1) is 13.0. The number of hydrogen-bond acceptors (Lipinski definition) is 4. The number of unbranched alkanes of at least 4 members (excludes halogenated alkanes) is 1. The lowest BCUT2D eigenvalue weighted by molar-refractivity contribution is -0.132. The van der Waals surface area contributed by atoms with Gasteiger partial charge in [-0.15, -0.1) is 0 Å². The highest BCUT2D eigenvalue weighted by Crippen LogP contribution is 2.36. The highest BCUT2D eigenvalue weighted by molar-refractivity contribution is 7.74. The van der Waals surface area contributed by atoms with Gasteiger partial charge < -0.3 is 8.92 Å². The lowest BCUT2D eigenvalue weighted by atomic mass is 9.96. The van der Waals surface area contributed by atoms with Crippen LogP contribution in [0.15, 0.2) is 34.8 Å². The topological polar surface area (TPSA) is 72.8 Å². The molecule has 6 heteroatoms. The first-order valence-electron chi connectivity index (χ1n) is 5.77. The van der Waals surface area contributed by atoms with Crippen LogP contribution in [0, 0.1) is 0 Å².